The summed E-state index contributed by atoms with van der Waals surface area (Å²) in [6, 6.07) is 9.99. The lowest BCUT2D eigenvalue weighted by atomic mass is 10.0. The summed E-state index contributed by atoms with van der Waals surface area (Å²) in [4.78, 5) is 14.3. The summed E-state index contributed by atoms with van der Waals surface area (Å²) in [6.45, 7) is 7.21. The third kappa shape index (κ3) is 5.06. The Balaban J connectivity index is 1.50. The third-order valence-corrected chi connectivity index (χ3v) is 8.37. The van der Waals surface area contributed by atoms with Gasteiger partial charge in [-0.25, -0.2) is 17.5 Å². The summed E-state index contributed by atoms with van der Waals surface area (Å²) in [5.74, 6) is 0.634. The van der Waals surface area contributed by atoms with Crippen molar-refractivity contribution >= 4 is 16.1 Å². The normalized spacial score (nSPS) is 24.8. The molecule has 1 N–H and O–H groups in total. The number of likely N-dealkylation sites (tertiary alicyclic amines) is 1. The third-order valence-electron chi connectivity index (χ3n) is 5.94. The second-order valence-corrected chi connectivity index (χ2v) is 10.6. The van der Waals surface area contributed by atoms with Gasteiger partial charge in [0.15, 0.2) is 0 Å². The Hall–Kier alpha value is -1.60. The molecule has 156 valence electrons. The van der Waals surface area contributed by atoms with Crippen LogP contribution in [0.3, 0.4) is 0 Å². The molecule has 2 atom stereocenters. The van der Waals surface area contributed by atoms with Gasteiger partial charge in [0.2, 0.25) is 10.0 Å². The Morgan fingerprint density at radius 2 is 1.89 bits per heavy atom. The Bertz CT molecular complexity index is 751. The zero-order valence-corrected chi connectivity index (χ0v) is 17.8. The Kier molecular flexibility index (Phi) is 6.99. The zero-order chi connectivity index (χ0) is 20.1. The van der Waals surface area contributed by atoms with Crippen LogP contribution in [0, 0.1) is 11.8 Å². The maximum absolute atomic E-state index is 12.9. The maximum Gasteiger partial charge on any atom is 0.317 e. The van der Waals surface area contributed by atoms with E-state index in [2.05, 4.69) is 31.3 Å². The second kappa shape index (κ2) is 9.27. The fourth-order valence-electron chi connectivity index (χ4n) is 4.19. The van der Waals surface area contributed by atoms with Crippen molar-refractivity contribution in [1.82, 2.24) is 14.5 Å². The van der Waals surface area contributed by atoms with Crippen LogP contribution in [-0.2, 0) is 16.4 Å². The number of carbonyl (C=O) groups excluding carboxylic acids is 1. The van der Waals surface area contributed by atoms with Gasteiger partial charge in [0.05, 0.1) is 5.25 Å². The van der Waals surface area contributed by atoms with Crippen molar-refractivity contribution < 1.29 is 13.2 Å². The van der Waals surface area contributed by atoms with E-state index in [1.54, 1.807) is 9.21 Å². The molecule has 0 bridgehead atoms. The number of hydrogen-bond acceptors (Lipinski definition) is 3. The molecule has 2 aliphatic rings. The highest BCUT2D eigenvalue weighted by molar-refractivity contribution is 7.90. The van der Waals surface area contributed by atoms with Crippen LogP contribution >= 0.6 is 0 Å². The van der Waals surface area contributed by atoms with Gasteiger partial charge in [-0.3, -0.25) is 0 Å². The smallest absolute Gasteiger partial charge is 0.317 e. The van der Waals surface area contributed by atoms with Gasteiger partial charge in [0.25, 0.3) is 0 Å². The number of urea groups is 1. The van der Waals surface area contributed by atoms with Crippen LogP contribution in [0.15, 0.2) is 30.3 Å². The first-order valence-electron chi connectivity index (χ1n) is 10.4. The first kappa shape index (κ1) is 21.1. The first-order chi connectivity index (χ1) is 13.4. The molecule has 2 fully saturated rings. The predicted molar refractivity (Wildman–Crippen MR) is 112 cm³/mol. The molecular formula is C21H33N3O3S. The van der Waals surface area contributed by atoms with Crippen molar-refractivity contribution in [3.63, 3.8) is 0 Å². The van der Waals surface area contributed by atoms with Gasteiger partial charge in [0.1, 0.15) is 0 Å². The number of benzene rings is 1. The van der Waals surface area contributed by atoms with Crippen LogP contribution in [-0.4, -0.2) is 61.6 Å². The van der Waals surface area contributed by atoms with Crippen LogP contribution in [0.2, 0.25) is 0 Å². The van der Waals surface area contributed by atoms with E-state index < -0.39 is 10.0 Å². The first-order valence-corrected chi connectivity index (χ1v) is 11.9. The highest BCUT2D eigenvalue weighted by Gasteiger charge is 2.46. The lowest BCUT2D eigenvalue weighted by Gasteiger charge is -2.23. The Labute approximate surface area is 169 Å². The standard InChI is InChI=1S/C21H33N3O3S/c1-17(2)9-15-24-16-19-10-13-23(14-11-20(19)28(24,26)27)21(25)22-12-8-18-6-4-3-5-7-18/h3-7,17,19-20H,8-16H2,1-2H3,(H,22,25)/t19-,20-/m0/s1. The van der Waals surface area contributed by atoms with Gasteiger partial charge in [-0.15, -0.1) is 0 Å². The molecule has 28 heavy (non-hydrogen) atoms. The molecule has 0 aromatic heterocycles. The summed E-state index contributed by atoms with van der Waals surface area (Å²) in [5, 5.41) is 2.65. The van der Waals surface area contributed by atoms with Gasteiger partial charge in [-0.1, -0.05) is 44.2 Å². The molecule has 2 amide bonds. The molecule has 1 aromatic carbocycles. The molecule has 0 spiro atoms. The van der Waals surface area contributed by atoms with Crippen molar-refractivity contribution in [3.8, 4) is 0 Å². The zero-order valence-electron chi connectivity index (χ0n) is 17.0. The number of nitrogens with one attached hydrogen (secondary N) is 1. The van der Waals surface area contributed by atoms with E-state index >= 15 is 0 Å². The van der Waals surface area contributed by atoms with E-state index in [0.29, 0.717) is 45.1 Å². The fraction of sp³-hybridized carbons (Fsp3) is 0.667. The van der Waals surface area contributed by atoms with Crippen molar-refractivity contribution in [1.29, 1.82) is 0 Å². The quantitative estimate of drug-likeness (QED) is 0.788. The van der Waals surface area contributed by atoms with E-state index in [0.717, 1.165) is 19.3 Å². The maximum atomic E-state index is 12.9. The topological polar surface area (TPSA) is 69.7 Å². The minimum absolute atomic E-state index is 0.0787. The summed E-state index contributed by atoms with van der Waals surface area (Å²) in [7, 11) is -3.23. The minimum atomic E-state index is -3.23. The summed E-state index contributed by atoms with van der Waals surface area (Å²) >= 11 is 0. The van der Waals surface area contributed by atoms with Crippen LogP contribution in [0.1, 0.15) is 38.7 Å². The fourth-order valence-corrected chi connectivity index (χ4v) is 6.44. The van der Waals surface area contributed by atoms with E-state index in [1.165, 1.54) is 5.56 Å². The molecule has 2 saturated heterocycles. The predicted octanol–water partition coefficient (Wildman–Crippen LogP) is 2.71. The lowest BCUT2D eigenvalue weighted by Crippen LogP contribution is -2.42. The molecule has 3 rings (SSSR count). The molecule has 0 aliphatic carbocycles. The molecule has 7 heteroatoms. The van der Waals surface area contributed by atoms with Crippen LogP contribution in [0.5, 0.6) is 0 Å². The van der Waals surface area contributed by atoms with E-state index in [9.17, 15) is 13.2 Å². The number of amides is 2. The van der Waals surface area contributed by atoms with Crippen LogP contribution in [0.4, 0.5) is 4.79 Å². The summed E-state index contributed by atoms with van der Waals surface area (Å²) < 4.78 is 27.5. The van der Waals surface area contributed by atoms with Crippen molar-refractivity contribution in [2.24, 2.45) is 11.8 Å². The van der Waals surface area contributed by atoms with Crippen molar-refractivity contribution in [2.75, 3.05) is 32.7 Å². The number of sulfonamides is 1. The van der Waals surface area contributed by atoms with E-state index in [1.807, 2.05) is 18.2 Å². The van der Waals surface area contributed by atoms with E-state index in [4.69, 9.17) is 0 Å². The van der Waals surface area contributed by atoms with Gasteiger partial charge in [-0.05, 0) is 43.1 Å². The molecule has 0 radical (unpaired) electrons. The second-order valence-electron chi connectivity index (χ2n) is 8.42. The summed E-state index contributed by atoms with van der Waals surface area (Å²) in [5.41, 5.74) is 1.20. The molecular weight excluding hydrogens is 374 g/mol. The monoisotopic (exact) mass is 407 g/mol. The number of hydrogen-bond donors (Lipinski definition) is 1. The van der Waals surface area contributed by atoms with E-state index in [-0.39, 0.29) is 17.2 Å². The van der Waals surface area contributed by atoms with Gasteiger partial charge in [-0.2, -0.15) is 0 Å². The number of rotatable bonds is 6. The molecule has 0 saturated carbocycles. The Morgan fingerprint density at radius 3 is 2.61 bits per heavy atom. The Morgan fingerprint density at radius 1 is 1.18 bits per heavy atom. The van der Waals surface area contributed by atoms with Gasteiger partial charge < -0.3 is 10.2 Å². The number of nitrogens with zero attached hydrogens (tertiary/aromatic N) is 2. The average Bonchev–Trinajstić information content (AvgIpc) is 2.80. The molecule has 1 aromatic rings. The van der Waals surface area contributed by atoms with Gasteiger partial charge in [0, 0.05) is 32.7 Å². The molecule has 0 unspecified atom stereocenters. The summed E-state index contributed by atoms with van der Waals surface area (Å²) in [6.07, 6.45) is 2.99. The molecule has 2 aliphatic heterocycles. The van der Waals surface area contributed by atoms with Crippen molar-refractivity contribution in [3.05, 3.63) is 35.9 Å². The highest BCUT2D eigenvalue weighted by atomic mass is 32.2. The minimum Gasteiger partial charge on any atom is -0.338 e. The highest BCUT2D eigenvalue weighted by Crippen LogP contribution is 2.34. The largest absolute Gasteiger partial charge is 0.338 e. The van der Waals surface area contributed by atoms with Gasteiger partial charge >= 0.3 is 6.03 Å². The SMILES string of the molecule is CC(C)CCN1C[C@@H]2CCN(C(=O)NCCc3ccccc3)CC[C@@H]2S1(=O)=O. The average molecular weight is 408 g/mol. The van der Waals surface area contributed by atoms with Crippen molar-refractivity contribution in [2.45, 2.75) is 44.8 Å². The number of fused-ring (bicyclic) bond motifs is 1. The lowest BCUT2D eigenvalue weighted by molar-refractivity contribution is 0.198. The molecule has 6 nitrogen and oxygen atoms in total. The number of carbonyl (C=O) groups is 1. The van der Waals surface area contributed by atoms with Crippen LogP contribution < -0.4 is 5.32 Å². The molecule has 2 heterocycles. The van der Waals surface area contributed by atoms with Crippen LogP contribution in [0.25, 0.3) is 0 Å².